The molecule has 2 aromatic carbocycles. The summed E-state index contributed by atoms with van der Waals surface area (Å²) < 4.78 is 12.1. The fourth-order valence-corrected chi connectivity index (χ4v) is 10.7. The minimum absolute atomic E-state index is 0.0647. The lowest BCUT2D eigenvalue weighted by molar-refractivity contribution is -0.151. The molecule has 5 aliphatic carbocycles. The highest BCUT2D eigenvalue weighted by Crippen LogP contribution is 2.65. The number of nitrogens with zero attached hydrogens (tertiary/aromatic N) is 1. The van der Waals surface area contributed by atoms with Gasteiger partial charge in [-0.25, -0.2) is 0 Å². The summed E-state index contributed by atoms with van der Waals surface area (Å²) in [6, 6.07) is 7.76. The van der Waals surface area contributed by atoms with Crippen molar-refractivity contribution in [2.75, 3.05) is 13.6 Å². The number of hydrogen-bond donors (Lipinski definition) is 4. The van der Waals surface area contributed by atoms with Gasteiger partial charge in [0.05, 0.1) is 24.0 Å². The number of ether oxygens (including phenoxy) is 2. The topological polar surface area (TPSA) is 137 Å². The van der Waals surface area contributed by atoms with Gasteiger partial charge in [0.15, 0.2) is 23.8 Å². The van der Waals surface area contributed by atoms with Crippen molar-refractivity contribution in [1.82, 2.24) is 4.90 Å². The lowest BCUT2D eigenvalue weighted by Crippen LogP contribution is -2.74. The van der Waals surface area contributed by atoms with E-state index < -0.39 is 34.2 Å². The molecule has 4 bridgehead atoms. The number of carbonyl (C=O) groups is 2. The molecule has 4 N–H and O–H groups in total. The summed E-state index contributed by atoms with van der Waals surface area (Å²) in [6.07, 6.45) is 9.99. The first kappa shape index (κ1) is 27.9. The minimum atomic E-state index is -1.11. The second-order valence-electron chi connectivity index (χ2n) is 14.3. The van der Waals surface area contributed by atoms with Crippen LogP contribution in [0, 0.1) is 5.92 Å². The normalized spacial score (nSPS) is 40.2. The van der Waals surface area contributed by atoms with E-state index in [4.69, 9.17) is 9.47 Å². The fourth-order valence-electron chi connectivity index (χ4n) is 10.7. The summed E-state index contributed by atoms with van der Waals surface area (Å²) in [7, 11) is 2.03. The van der Waals surface area contributed by atoms with Crippen molar-refractivity contribution in [2.24, 2.45) is 5.92 Å². The van der Waals surface area contributed by atoms with Crippen LogP contribution in [0.5, 0.6) is 11.5 Å². The Balaban J connectivity index is 0.000000125. The molecule has 2 unspecified atom stereocenters. The fraction of sp³-hybridized carbons (Fsp3) is 0.500. The van der Waals surface area contributed by atoms with E-state index in [0.717, 1.165) is 55.3 Å². The molecule has 3 aliphatic heterocycles. The van der Waals surface area contributed by atoms with Gasteiger partial charge < -0.3 is 29.9 Å². The van der Waals surface area contributed by atoms with Gasteiger partial charge in [-0.2, -0.15) is 0 Å². The van der Waals surface area contributed by atoms with Gasteiger partial charge in [-0.05, 0) is 87.0 Å². The zero-order valence-electron chi connectivity index (χ0n) is 25.2. The summed E-state index contributed by atoms with van der Waals surface area (Å²) in [5, 5.41) is 42.4. The third kappa shape index (κ3) is 3.03. The van der Waals surface area contributed by atoms with Gasteiger partial charge >= 0.3 is 0 Å². The third-order valence-electron chi connectivity index (χ3n) is 12.7. The Morgan fingerprint density at radius 2 is 1.36 bits per heavy atom. The Labute approximate surface area is 260 Å². The Morgan fingerprint density at radius 1 is 0.800 bits per heavy atom. The van der Waals surface area contributed by atoms with Gasteiger partial charge in [0.25, 0.3) is 0 Å². The van der Waals surface area contributed by atoms with Crippen LogP contribution < -0.4 is 9.47 Å². The number of benzene rings is 2. The molecular formula is C36H37NO8. The van der Waals surface area contributed by atoms with Crippen molar-refractivity contribution < 1.29 is 39.5 Å². The van der Waals surface area contributed by atoms with E-state index in [1.54, 1.807) is 12.2 Å². The van der Waals surface area contributed by atoms with Crippen LogP contribution in [-0.4, -0.2) is 79.9 Å². The number of rotatable bonds is 2. The second-order valence-corrected chi connectivity index (χ2v) is 14.3. The lowest BCUT2D eigenvalue weighted by atomic mass is 9.47. The van der Waals surface area contributed by atoms with Crippen LogP contribution in [-0.2, 0) is 46.5 Å². The summed E-state index contributed by atoms with van der Waals surface area (Å²) >= 11 is 0. The van der Waals surface area contributed by atoms with E-state index in [1.165, 1.54) is 17.7 Å². The molecule has 45 heavy (non-hydrogen) atoms. The number of likely N-dealkylation sites (N-methyl/N-ethyl adjacent to an activating group) is 1. The van der Waals surface area contributed by atoms with Gasteiger partial charge in [0.1, 0.15) is 22.7 Å². The molecule has 3 heterocycles. The number of aliphatic hydroxyl groups is 4. The van der Waals surface area contributed by atoms with E-state index >= 15 is 0 Å². The maximum Gasteiger partial charge on any atom is 0.196 e. The van der Waals surface area contributed by atoms with Gasteiger partial charge in [0.2, 0.25) is 0 Å². The first-order valence-corrected chi connectivity index (χ1v) is 16.1. The molecule has 2 spiro atoms. The van der Waals surface area contributed by atoms with E-state index in [2.05, 4.69) is 4.90 Å². The molecule has 10 rings (SSSR count). The van der Waals surface area contributed by atoms with Crippen LogP contribution in [0.4, 0.5) is 0 Å². The van der Waals surface area contributed by atoms with E-state index in [1.807, 2.05) is 31.3 Å². The molecule has 8 atom stereocenters. The molecule has 9 heteroatoms. The summed E-state index contributed by atoms with van der Waals surface area (Å²) in [5.74, 6) is 1.23. The smallest absolute Gasteiger partial charge is 0.196 e. The van der Waals surface area contributed by atoms with Crippen LogP contribution in [0.15, 0.2) is 48.6 Å². The standard InChI is InChI=1S/C18H19NO4.C18H18O4/c1-19-7-6-17-14-10-2-3-11(9-20)15(14)23-16(17)12(21)4-5-18(17,22)13(19)8-10;19-9-11-4-3-10-8-12-2-1-6-17-14(10)15(11)22-16(17)13(20)5-7-18(12,17)21/h2-5,13,16,20,22H,6-9H2,1H3;3-5,7,12,16,19,21H,1-2,6,8-9H2/t13?,16-,17-,18+;12?,16-,17-,18+/m00/s1. The largest absolute Gasteiger partial charge is 0.481 e. The maximum atomic E-state index is 12.5. The number of piperidine rings is 1. The summed E-state index contributed by atoms with van der Waals surface area (Å²) in [4.78, 5) is 27.2. The molecule has 1 saturated heterocycles. The molecule has 1 saturated carbocycles. The van der Waals surface area contributed by atoms with Gasteiger partial charge in [-0.15, -0.1) is 0 Å². The third-order valence-corrected chi connectivity index (χ3v) is 12.7. The van der Waals surface area contributed by atoms with Crippen LogP contribution in [0.25, 0.3) is 0 Å². The number of aliphatic hydroxyl groups excluding tert-OH is 2. The monoisotopic (exact) mass is 611 g/mol. The number of likely N-dealkylation sites (tertiary alicyclic amines) is 1. The quantitative estimate of drug-likeness (QED) is 0.400. The lowest BCUT2D eigenvalue weighted by Gasteiger charge is -2.60. The Bertz CT molecular complexity index is 1770. The molecule has 2 aromatic rings. The van der Waals surface area contributed by atoms with Crippen molar-refractivity contribution >= 4 is 11.6 Å². The number of carbonyl (C=O) groups excluding carboxylic acids is 2. The molecule has 0 amide bonds. The average Bonchev–Trinajstić information content (AvgIpc) is 3.57. The molecular weight excluding hydrogens is 574 g/mol. The average molecular weight is 612 g/mol. The first-order chi connectivity index (χ1) is 21.6. The predicted octanol–water partition coefficient (Wildman–Crippen LogP) is 1.71. The van der Waals surface area contributed by atoms with Crippen LogP contribution >= 0.6 is 0 Å². The molecule has 0 radical (unpaired) electrons. The zero-order chi connectivity index (χ0) is 31.1. The predicted molar refractivity (Wildman–Crippen MR) is 161 cm³/mol. The van der Waals surface area contributed by atoms with Crippen LogP contribution in [0.2, 0.25) is 0 Å². The second kappa shape index (κ2) is 8.92. The van der Waals surface area contributed by atoms with Crippen molar-refractivity contribution in [3.63, 3.8) is 0 Å². The number of ketones is 2. The maximum absolute atomic E-state index is 12.5. The highest BCUT2D eigenvalue weighted by Gasteiger charge is 2.72. The van der Waals surface area contributed by atoms with E-state index in [9.17, 15) is 30.0 Å². The van der Waals surface area contributed by atoms with Gasteiger partial charge in [-0.3, -0.25) is 14.5 Å². The Kier molecular flexibility index (Phi) is 5.54. The van der Waals surface area contributed by atoms with E-state index in [-0.39, 0.29) is 36.7 Å². The van der Waals surface area contributed by atoms with Crippen molar-refractivity contribution in [2.45, 2.75) is 92.0 Å². The highest BCUT2D eigenvalue weighted by atomic mass is 16.5. The summed E-state index contributed by atoms with van der Waals surface area (Å²) in [6.45, 7) is 0.569. The zero-order valence-corrected chi connectivity index (χ0v) is 25.2. The molecule has 234 valence electrons. The Hall–Kier alpha value is -3.34. The van der Waals surface area contributed by atoms with Crippen LogP contribution in [0.3, 0.4) is 0 Å². The van der Waals surface area contributed by atoms with Gasteiger partial charge in [0, 0.05) is 28.3 Å². The van der Waals surface area contributed by atoms with E-state index in [0.29, 0.717) is 29.0 Å². The molecule has 0 aromatic heterocycles. The SMILES string of the molecule is CN1CC[C@]23c4c5ccc(CO)c4O[C@H]2C(=O)C=C[C@@]3(O)C1C5.O=C1C=C[C@@]2(O)C3CCC[C@@]24c2c(ccc(CO)c2O[C@@H]14)C3. The first-order valence-electron chi connectivity index (χ1n) is 16.1. The van der Waals surface area contributed by atoms with Crippen molar-refractivity contribution in [1.29, 1.82) is 0 Å². The summed E-state index contributed by atoms with van der Waals surface area (Å²) in [5.41, 5.74) is 2.16. The Morgan fingerprint density at radius 3 is 1.96 bits per heavy atom. The minimum Gasteiger partial charge on any atom is -0.481 e. The molecule has 8 aliphatic rings. The van der Waals surface area contributed by atoms with Gasteiger partial charge in [-0.1, -0.05) is 30.7 Å². The van der Waals surface area contributed by atoms with Crippen LogP contribution in [0.1, 0.15) is 59.1 Å². The van der Waals surface area contributed by atoms with Crippen molar-refractivity contribution in [3.05, 3.63) is 82.0 Å². The molecule has 2 fully saturated rings. The highest BCUT2D eigenvalue weighted by molar-refractivity contribution is 5.99. The molecule has 9 nitrogen and oxygen atoms in total. The number of hydrogen-bond acceptors (Lipinski definition) is 9. The van der Waals surface area contributed by atoms with Crippen molar-refractivity contribution in [3.8, 4) is 11.5 Å².